The Hall–Kier alpha value is -2.57. The van der Waals surface area contributed by atoms with Gasteiger partial charge in [-0.25, -0.2) is 0 Å². The molecule has 0 fully saturated rings. The van der Waals surface area contributed by atoms with Crippen LogP contribution in [-0.2, 0) is 0 Å². The molecule has 29 heavy (non-hydrogen) atoms. The number of phenolic OH excluding ortho intramolecular Hbond substituents is 1. The van der Waals surface area contributed by atoms with Crippen molar-refractivity contribution in [3.8, 4) is 17.2 Å². The van der Waals surface area contributed by atoms with Crippen molar-refractivity contribution in [3.05, 3.63) is 63.6 Å². The van der Waals surface area contributed by atoms with E-state index < -0.39 is 0 Å². The number of ketones is 1. The maximum Gasteiger partial charge on any atom is 0.193 e. The molecule has 0 bridgehead atoms. The normalized spacial score (nSPS) is 14.7. The molecular formula is C23H24BrNO4. The molecule has 0 spiro atoms. The maximum atomic E-state index is 13.0. The highest BCUT2D eigenvalue weighted by Crippen LogP contribution is 2.44. The number of carbonyl (C=O) groups is 1. The Kier molecular flexibility index (Phi) is 6.77. The SMILES string of the molecule is COc1cc(OC)c(C2=CCN(C)CC2)c(O)c1C(=O)C=Cc1cccc(Br)c1. The van der Waals surface area contributed by atoms with Crippen LogP contribution >= 0.6 is 15.9 Å². The summed E-state index contributed by atoms with van der Waals surface area (Å²) < 4.78 is 11.8. The van der Waals surface area contributed by atoms with Crippen LogP contribution in [0, 0.1) is 0 Å². The number of hydrogen-bond donors (Lipinski definition) is 1. The van der Waals surface area contributed by atoms with Gasteiger partial charge in [-0.05, 0) is 42.8 Å². The van der Waals surface area contributed by atoms with Gasteiger partial charge in [-0.3, -0.25) is 4.79 Å². The first-order valence-electron chi connectivity index (χ1n) is 9.28. The van der Waals surface area contributed by atoms with Gasteiger partial charge in [-0.1, -0.05) is 40.2 Å². The molecule has 1 heterocycles. The lowest BCUT2D eigenvalue weighted by Gasteiger charge is -2.24. The number of ether oxygens (including phenoxy) is 2. The van der Waals surface area contributed by atoms with Crippen LogP contribution in [0.1, 0.15) is 27.9 Å². The van der Waals surface area contributed by atoms with E-state index >= 15 is 0 Å². The number of aromatic hydroxyl groups is 1. The predicted octanol–water partition coefficient (Wildman–Crippen LogP) is 4.79. The molecule has 2 aromatic carbocycles. The molecule has 0 aliphatic carbocycles. The monoisotopic (exact) mass is 457 g/mol. The minimum atomic E-state index is -0.336. The minimum absolute atomic E-state index is 0.110. The van der Waals surface area contributed by atoms with Crippen LogP contribution in [0.3, 0.4) is 0 Å². The van der Waals surface area contributed by atoms with Crippen molar-refractivity contribution in [3.63, 3.8) is 0 Å². The molecule has 152 valence electrons. The molecule has 0 radical (unpaired) electrons. The minimum Gasteiger partial charge on any atom is -0.506 e. The third kappa shape index (κ3) is 4.71. The van der Waals surface area contributed by atoms with Crippen molar-refractivity contribution in [1.29, 1.82) is 0 Å². The summed E-state index contributed by atoms with van der Waals surface area (Å²) in [6.45, 7) is 1.64. The molecule has 0 atom stereocenters. The molecule has 0 saturated heterocycles. The van der Waals surface area contributed by atoms with E-state index in [9.17, 15) is 9.90 Å². The van der Waals surface area contributed by atoms with Crippen LogP contribution in [0.25, 0.3) is 11.6 Å². The molecule has 1 aliphatic rings. The second-order valence-electron chi connectivity index (χ2n) is 6.87. The van der Waals surface area contributed by atoms with Crippen molar-refractivity contribution in [2.24, 2.45) is 0 Å². The smallest absolute Gasteiger partial charge is 0.193 e. The Labute approximate surface area is 179 Å². The molecule has 1 aliphatic heterocycles. The number of likely N-dealkylation sites (N-methyl/N-ethyl adjacent to an activating group) is 1. The largest absolute Gasteiger partial charge is 0.506 e. The Balaban J connectivity index is 2.05. The number of rotatable bonds is 6. The average Bonchev–Trinajstić information content (AvgIpc) is 2.72. The van der Waals surface area contributed by atoms with E-state index in [4.69, 9.17) is 9.47 Å². The predicted molar refractivity (Wildman–Crippen MR) is 119 cm³/mol. The van der Waals surface area contributed by atoms with Crippen molar-refractivity contribution in [1.82, 2.24) is 4.90 Å². The molecule has 0 aromatic heterocycles. The van der Waals surface area contributed by atoms with E-state index in [1.165, 1.54) is 13.2 Å². The molecule has 1 N–H and O–H groups in total. The second-order valence-corrected chi connectivity index (χ2v) is 7.79. The number of halogens is 1. The van der Waals surface area contributed by atoms with Crippen molar-refractivity contribution in [2.45, 2.75) is 6.42 Å². The Morgan fingerprint density at radius 3 is 2.59 bits per heavy atom. The number of nitrogens with zero attached hydrogens (tertiary/aromatic N) is 1. The van der Waals surface area contributed by atoms with Crippen molar-refractivity contribution >= 4 is 33.4 Å². The fourth-order valence-electron chi connectivity index (χ4n) is 3.36. The highest BCUT2D eigenvalue weighted by atomic mass is 79.9. The van der Waals surface area contributed by atoms with Gasteiger partial charge in [-0.2, -0.15) is 0 Å². The van der Waals surface area contributed by atoms with Gasteiger partial charge in [0.25, 0.3) is 0 Å². The summed E-state index contributed by atoms with van der Waals surface area (Å²) in [5, 5.41) is 11.1. The van der Waals surface area contributed by atoms with Gasteiger partial charge in [0.05, 0.1) is 19.8 Å². The van der Waals surface area contributed by atoms with Gasteiger partial charge in [0, 0.05) is 23.6 Å². The van der Waals surface area contributed by atoms with E-state index in [1.807, 2.05) is 31.3 Å². The molecule has 0 saturated carbocycles. The van der Waals surface area contributed by atoms with Gasteiger partial charge >= 0.3 is 0 Å². The first-order chi connectivity index (χ1) is 13.9. The highest BCUT2D eigenvalue weighted by Gasteiger charge is 2.26. The van der Waals surface area contributed by atoms with E-state index in [-0.39, 0.29) is 22.8 Å². The molecule has 6 heteroatoms. The van der Waals surface area contributed by atoms with E-state index in [0.29, 0.717) is 11.3 Å². The fraction of sp³-hybridized carbons (Fsp3) is 0.261. The summed E-state index contributed by atoms with van der Waals surface area (Å²) in [5.41, 5.74) is 2.53. The molecule has 3 rings (SSSR count). The lowest BCUT2D eigenvalue weighted by atomic mass is 9.93. The van der Waals surface area contributed by atoms with Crippen LogP contribution in [0.5, 0.6) is 17.2 Å². The number of benzene rings is 2. The zero-order valence-corrected chi connectivity index (χ0v) is 18.3. The van der Waals surface area contributed by atoms with Gasteiger partial charge < -0.3 is 19.5 Å². The molecule has 0 amide bonds. The van der Waals surface area contributed by atoms with Gasteiger partial charge in [0.15, 0.2) is 5.78 Å². The van der Waals surface area contributed by atoms with Gasteiger partial charge in [0.1, 0.15) is 22.8 Å². The summed E-state index contributed by atoms with van der Waals surface area (Å²) in [6, 6.07) is 9.27. The Bertz CT molecular complexity index is 981. The highest BCUT2D eigenvalue weighted by molar-refractivity contribution is 9.10. The van der Waals surface area contributed by atoms with Crippen molar-refractivity contribution < 1.29 is 19.4 Å². The molecule has 2 aromatic rings. The molecule has 5 nitrogen and oxygen atoms in total. The third-order valence-electron chi connectivity index (χ3n) is 4.92. The van der Waals surface area contributed by atoms with Crippen molar-refractivity contribution in [2.75, 3.05) is 34.4 Å². The zero-order valence-electron chi connectivity index (χ0n) is 16.7. The summed E-state index contributed by atoms with van der Waals surface area (Å²) in [7, 11) is 5.06. The first kappa shape index (κ1) is 21.1. The standard InChI is InChI=1S/C23H24BrNO4/c1-25-11-9-16(10-12-25)21-19(28-2)14-20(29-3)22(23(21)27)18(26)8-7-15-5-4-6-17(24)13-15/h4-9,13-14,27H,10-12H2,1-3H3. The van der Waals surface area contributed by atoms with Gasteiger partial charge in [-0.15, -0.1) is 0 Å². The summed E-state index contributed by atoms with van der Waals surface area (Å²) in [4.78, 5) is 15.2. The Morgan fingerprint density at radius 2 is 1.97 bits per heavy atom. The summed E-state index contributed by atoms with van der Waals surface area (Å²) in [5.74, 6) is 0.320. The van der Waals surface area contributed by atoms with E-state index in [0.717, 1.165) is 35.1 Å². The topological polar surface area (TPSA) is 59.0 Å². The van der Waals surface area contributed by atoms with Crippen LogP contribution in [-0.4, -0.2) is 50.1 Å². The van der Waals surface area contributed by atoms with Crippen LogP contribution in [0.2, 0.25) is 0 Å². The number of phenols is 1. The number of allylic oxidation sites excluding steroid dienone is 1. The second kappa shape index (κ2) is 9.29. The van der Waals surface area contributed by atoms with E-state index in [1.54, 1.807) is 19.3 Å². The van der Waals surface area contributed by atoms with Gasteiger partial charge in [0.2, 0.25) is 0 Å². The number of carbonyl (C=O) groups excluding carboxylic acids is 1. The first-order valence-corrected chi connectivity index (χ1v) is 10.1. The lowest BCUT2D eigenvalue weighted by molar-refractivity contribution is 0.104. The van der Waals surface area contributed by atoms with E-state index in [2.05, 4.69) is 26.9 Å². The van der Waals surface area contributed by atoms with Crippen LogP contribution < -0.4 is 9.47 Å². The summed E-state index contributed by atoms with van der Waals surface area (Å²) in [6.07, 6.45) is 5.97. The maximum absolute atomic E-state index is 13.0. The molecule has 0 unspecified atom stereocenters. The van der Waals surface area contributed by atoms with Crippen LogP contribution in [0.4, 0.5) is 0 Å². The third-order valence-corrected chi connectivity index (χ3v) is 5.42. The zero-order chi connectivity index (χ0) is 21.0. The lowest BCUT2D eigenvalue weighted by Crippen LogP contribution is -2.23. The fourth-order valence-corrected chi connectivity index (χ4v) is 3.77. The number of methoxy groups -OCH3 is 2. The van der Waals surface area contributed by atoms with Crippen LogP contribution in [0.15, 0.2) is 47.0 Å². The average molecular weight is 458 g/mol. The molecular weight excluding hydrogens is 434 g/mol. The quantitative estimate of drug-likeness (QED) is 0.499. The number of hydrogen-bond acceptors (Lipinski definition) is 5. The Morgan fingerprint density at radius 1 is 1.21 bits per heavy atom. The summed E-state index contributed by atoms with van der Waals surface area (Å²) >= 11 is 3.42.